The zero-order valence-electron chi connectivity index (χ0n) is 12.4. The lowest BCUT2D eigenvalue weighted by atomic mass is 9.96. The van der Waals surface area contributed by atoms with Crippen molar-refractivity contribution in [2.45, 2.75) is 32.2 Å². The predicted octanol–water partition coefficient (Wildman–Crippen LogP) is 2.80. The molecule has 1 aromatic carbocycles. The fraction of sp³-hybridized carbons (Fsp3) is 0.353. The molecule has 0 aliphatic carbocycles. The van der Waals surface area contributed by atoms with Crippen LogP contribution in [0.3, 0.4) is 0 Å². The Morgan fingerprint density at radius 1 is 1.19 bits per heavy atom. The van der Waals surface area contributed by atoms with Crippen molar-refractivity contribution in [1.82, 2.24) is 15.1 Å². The third-order valence-corrected chi connectivity index (χ3v) is 4.22. The average molecular weight is 281 g/mol. The van der Waals surface area contributed by atoms with Gasteiger partial charge in [0.2, 0.25) is 0 Å². The van der Waals surface area contributed by atoms with Gasteiger partial charge in [-0.15, -0.1) is 0 Å². The molecule has 1 fully saturated rings. The number of aromatic nitrogens is 2. The number of nitrogens with zero attached hydrogens (tertiary/aromatic N) is 3. The maximum atomic E-state index is 12.5. The summed E-state index contributed by atoms with van der Waals surface area (Å²) in [6.07, 6.45) is 4.10. The van der Waals surface area contributed by atoms with Crippen molar-refractivity contribution in [3.63, 3.8) is 0 Å². The molecule has 1 amide bonds. The van der Waals surface area contributed by atoms with Crippen LogP contribution in [0.15, 0.2) is 42.7 Å². The molecule has 1 saturated heterocycles. The van der Waals surface area contributed by atoms with Crippen LogP contribution < -0.4 is 0 Å². The van der Waals surface area contributed by atoms with Gasteiger partial charge in [0.25, 0.3) is 5.91 Å². The van der Waals surface area contributed by atoms with E-state index < -0.39 is 0 Å². The number of rotatable bonds is 2. The molecule has 2 atom stereocenters. The van der Waals surface area contributed by atoms with Gasteiger partial charge in [0.1, 0.15) is 0 Å². The van der Waals surface area contributed by atoms with Crippen LogP contribution in [0.2, 0.25) is 0 Å². The highest BCUT2D eigenvalue weighted by atomic mass is 16.2. The molecule has 2 heterocycles. The summed E-state index contributed by atoms with van der Waals surface area (Å²) in [6, 6.07) is 10.6. The summed E-state index contributed by atoms with van der Waals surface area (Å²) in [5.74, 6) is 0.464. The lowest BCUT2D eigenvalue weighted by Crippen LogP contribution is -2.34. The first kappa shape index (κ1) is 13.7. The Morgan fingerprint density at radius 3 is 2.62 bits per heavy atom. The number of aryl methyl sites for hydroxylation is 1. The largest absolute Gasteiger partial charge is 0.335 e. The first-order valence-electron chi connectivity index (χ1n) is 7.29. The Balaban J connectivity index is 1.77. The van der Waals surface area contributed by atoms with Crippen LogP contribution in [0.5, 0.6) is 0 Å². The van der Waals surface area contributed by atoms with Crippen molar-refractivity contribution in [3.05, 3.63) is 59.4 Å². The number of hydrogen-bond donors (Lipinski definition) is 0. The minimum Gasteiger partial charge on any atom is -0.335 e. The molecule has 21 heavy (non-hydrogen) atoms. The lowest BCUT2D eigenvalue weighted by Gasteiger charge is -2.21. The Hall–Kier alpha value is -2.23. The lowest BCUT2D eigenvalue weighted by molar-refractivity contribution is 0.0745. The second-order valence-corrected chi connectivity index (χ2v) is 5.78. The van der Waals surface area contributed by atoms with Crippen molar-refractivity contribution in [1.29, 1.82) is 0 Å². The van der Waals surface area contributed by atoms with E-state index in [1.54, 1.807) is 12.3 Å². The molecule has 2 unspecified atom stereocenters. The minimum absolute atomic E-state index is 0.0482. The molecule has 4 nitrogen and oxygen atoms in total. The topological polar surface area (TPSA) is 46.1 Å². The van der Waals surface area contributed by atoms with Gasteiger partial charge in [-0.1, -0.05) is 29.8 Å². The average Bonchev–Trinajstić information content (AvgIpc) is 2.90. The van der Waals surface area contributed by atoms with E-state index in [1.807, 2.05) is 4.90 Å². The standard InChI is InChI=1S/C17H19N3O/c1-12-3-5-14(6-4-12)16-9-13(2)20(11-16)17(21)15-7-8-18-19-10-15/h3-8,10,13,16H,9,11H2,1-2H3. The first-order valence-corrected chi connectivity index (χ1v) is 7.29. The highest BCUT2D eigenvalue weighted by Crippen LogP contribution is 2.32. The Kier molecular flexibility index (Phi) is 3.69. The summed E-state index contributed by atoms with van der Waals surface area (Å²) in [5, 5.41) is 7.52. The molecule has 1 aromatic heterocycles. The van der Waals surface area contributed by atoms with E-state index in [0.29, 0.717) is 11.5 Å². The zero-order valence-corrected chi connectivity index (χ0v) is 12.4. The van der Waals surface area contributed by atoms with Crippen LogP contribution in [0.1, 0.15) is 40.7 Å². The van der Waals surface area contributed by atoms with E-state index in [2.05, 4.69) is 48.3 Å². The summed E-state index contributed by atoms with van der Waals surface area (Å²) in [4.78, 5) is 14.5. The molecule has 1 aliphatic heterocycles. The Bertz CT molecular complexity index is 624. The van der Waals surface area contributed by atoms with Gasteiger partial charge in [0, 0.05) is 18.5 Å². The number of carbonyl (C=O) groups is 1. The Labute approximate surface area is 124 Å². The van der Waals surface area contributed by atoms with E-state index in [0.717, 1.165) is 13.0 Å². The molecule has 3 rings (SSSR count). The second-order valence-electron chi connectivity index (χ2n) is 5.78. The molecule has 4 heteroatoms. The Morgan fingerprint density at radius 2 is 1.95 bits per heavy atom. The predicted molar refractivity (Wildman–Crippen MR) is 81.1 cm³/mol. The van der Waals surface area contributed by atoms with Crippen LogP contribution >= 0.6 is 0 Å². The first-order chi connectivity index (χ1) is 10.1. The summed E-state index contributed by atoms with van der Waals surface area (Å²) in [7, 11) is 0. The van der Waals surface area contributed by atoms with Crippen molar-refractivity contribution in [2.24, 2.45) is 0 Å². The van der Waals surface area contributed by atoms with Gasteiger partial charge in [0.05, 0.1) is 18.0 Å². The van der Waals surface area contributed by atoms with Gasteiger partial charge in [-0.25, -0.2) is 0 Å². The highest BCUT2D eigenvalue weighted by Gasteiger charge is 2.33. The summed E-state index contributed by atoms with van der Waals surface area (Å²) < 4.78 is 0. The smallest absolute Gasteiger partial charge is 0.255 e. The fourth-order valence-corrected chi connectivity index (χ4v) is 2.98. The van der Waals surface area contributed by atoms with Gasteiger partial charge < -0.3 is 4.90 Å². The summed E-state index contributed by atoms with van der Waals surface area (Å²) >= 11 is 0. The molecule has 0 bridgehead atoms. The molecule has 1 aliphatic rings. The molecule has 108 valence electrons. The van der Waals surface area contributed by atoms with Crippen LogP contribution in [0.25, 0.3) is 0 Å². The monoisotopic (exact) mass is 281 g/mol. The number of hydrogen-bond acceptors (Lipinski definition) is 3. The minimum atomic E-state index is 0.0482. The summed E-state index contributed by atoms with van der Waals surface area (Å²) in [5.41, 5.74) is 3.19. The number of benzene rings is 1. The number of likely N-dealkylation sites (tertiary alicyclic amines) is 1. The molecule has 0 saturated carbocycles. The molecule has 0 radical (unpaired) electrons. The normalized spacial score (nSPS) is 21.5. The quantitative estimate of drug-likeness (QED) is 0.850. The zero-order chi connectivity index (χ0) is 14.8. The van der Waals surface area contributed by atoms with Crippen molar-refractivity contribution < 1.29 is 4.79 Å². The van der Waals surface area contributed by atoms with Crippen molar-refractivity contribution in [2.75, 3.05) is 6.54 Å². The molecular weight excluding hydrogens is 262 g/mol. The third-order valence-electron chi connectivity index (χ3n) is 4.22. The number of carbonyl (C=O) groups excluding carboxylic acids is 1. The highest BCUT2D eigenvalue weighted by molar-refractivity contribution is 5.94. The SMILES string of the molecule is Cc1ccc(C2CC(C)N(C(=O)c3ccnnc3)C2)cc1. The van der Waals surface area contributed by atoms with Crippen LogP contribution in [-0.4, -0.2) is 33.6 Å². The van der Waals surface area contributed by atoms with Gasteiger partial charge >= 0.3 is 0 Å². The molecule has 0 N–H and O–H groups in total. The van der Waals surface area contributed by atoms with Crippen LogP contribution in [-0.2, 0) is 0 Å². The van der Waals surface area contributed by atoms with Gasteiger partial charge in [-0.2, -0.15) is 10.2 Å². The molecular formula is C17H19N3O. The maximum absolute atomic E-state index is 12.5. The second kappa shape index (κ2) is 5.64. The molecule has 2 aromatic rings. The third kappa shape index (κ3) is 2.79. The van der Waals surface area contributed by atoms with E-state index >= 15 is 0 Å². The van der Waals surface area contributed by atoms with Crippen molar-refractivity contribution >= 4 is 5.91 Å². The maximum Gasteiger partial charge on any atom is 0.255 e. The van der Waals surface area contributed by atoms with E-state index in [9.17, 15) is 4.79 Å². The van der Waals surface area contributed by atoms with Gasteiger partial charge in [-0.3, -0.25) is 4.79 Å². The van der Waals surface area contributed by atoms with Crippen LogP contribution in [0.4, 0.5) is 0 Å². The van der Waals surface area contributed by atoms with Gasteiger partial charge in [0.15, 0.2) is 0 Å². The van der Waals surface area contributed by atoms with Gasteiger partial charge in [-0.05, 0) is 31.9 Å². The van der Waals surface area contributed by atoms with Crippen LogP contribution in [0, 0.1) is 6.92 Å². The summed E-state index contributed by atoms with van der Waals surface area (Å²) in [6.45, 7) is 4.97. The number of amides is 1. The van der Waals surface area contributed by atoms with E-state index in [1.165, 1.54) is 17.3 Å². The van der Waals surface area contributed by atoms with Crippen molar-refractivity contribution in [3.8, 4) is 0 Å². The van der Waals surface area contributed by atoms with E-state index in [-0.39, 0.29) is 11.9 Å². The van der Waals surface area contributed by atoms with E-state index in [4.69, 9.17) is 0 Å². The fourth-order valence-electron chi connectivity index (χ4n) is 2.98. The molecule has 0 spiro atoms.